The molecule has 1 saturated heterocycles. The molecule has 1 aromatic carbocycles. The number of benzene rings is 1. The third-order valence-electron chi connectivity index (χ3n) is 4.99. The molecule has 2 aromatic rings. The van der Waals surface area contributed by atoms with E-state index in [2.05, 4.69) is 10.3 Å². The van der Waals surface area contributed by atoms with E-state index in [1.54, 1.807) is 32.1 Å². The number of nitrogens with one attached hydrogen (secondary N) is 1. The number of β-amino-alcohol motifs (C(OH)–C–C–N with tert-alkyl or cyclic N) is 1. The molecule has 0 aliphatic carbocycles. The van der Waals surface area contributed by atoms with Crippen molar-refractivity contribution in [3.05, 3.63) is 41.0 Å². The minimum Gasteiger partial charge on any atom is -0.444 e. The summed E-state index contributed by atoms with van der Waals surface area (Å²) in [6.07, 6.45) is -1.14. The van der Waals surface area contributed by atoms with E-state index in [4.69, 9.17) is 4.74 Å². The molecule has 1 aromatic heterocycles. The Hall–Kier alpha value is -2.45. The number of ether oxygens (including phenoxy) is 1. The maximum atomic E-state index is 12.9. The Morgan fingerprint density at radius 2 is 1.97 bits per heavy atom. The molecule has 8 heteroatoms. The molecule has 0 spiro atoms. The van der Waals surface area contributed by atoms with Gasteiger partial charge in [0, 0.05) is 6.42 Å². The molecule has 30 heavy (non-hydrogen) atoms. The van der Waals surface area contributed by atoms with Crippen molar-refractivity contribution in [2.45, 2.75) is 64.8 Å². The van der Waals surface area contributed by atoms with Crippen molar-refractivity contribution in [2.75, 3.05) is 6.54 Å². The molecule has 2 amide bonds. The summed E-state index contributed by atoms with van der Waals surface area (Å²) in [6.45, 7) is 9.28. The van der Waals surface area contributed by atoms with Crippen LogP contribution in [-0.2, 0) is 9.53 Å². The van der Waals surface area contributed by atoms with Crippen molar-refractivity contribution in [1.29, 1.82) is 0 Å². The molecule has 3 atom stereocenters. The molecular formula is C22H29N3O4S. The average molecular weight is 432 g/mol. The Labute approximate surface area is 181 Å². The first-order valence-corrected chi connectivity index (χ1v) is 10.9. The van der Waals surface area contributed by atoms with Crippen LogP contribution in [0.1, 0.15) is 51.4 Å². The summed E-state index contributed by atoms with van der Waals surface area (Å²) in [4.78, 5) is 32.1. The fourth-order valence-corrected chi connectivity index (χ4v) is 4.29. The fourth-order valence-electron chi connectivity index (χ4n) is 3.48. The van der Waals surface area contributed by atoms with Gasteiger partial charge in [0.2, 0.25) is 5.91 Å². The molecule has 1 aliphatic heterocycles. The zero-order chi connectivity index (χ0) is 22.1. The highest BCUT2D eigenvalue weighted by atomic mass is 32.1. The predicted octanol–water partition coefficient (Wildman–Crippen LogP) is 3.67. The molecule has 2 heterocycles. The zero-order valence-electron chi connectivity index (χ0n) is 18.0. The second-order valence-corrected chi connectivity index (χ2v) is 9.51. The first kappa shape index (κ1) is 22.2. The van der Waals surface area contributed by atoms with Crippen LogP contribution in [0, 0.1) is 6.92 Å². The van der Waals surface area contributed by atoms with Gasteiger partial charge in [-0.3, -0.25) is 9.69 Å². The van der Waals surface area contributed by atoms with Gasteiger partial charge in [-0.05, 0) is 45.7 Å². The largest absolute Gasteiger partial charge is 0.444 e. The minimum absolute atomic E-state index is 0.0876. The number of thiazole rings is 1. The van der Waals surface area contributed by atoms with Gasteiger partial charge in [-0.2, -0.15) is 0 Å². The van der Waals surface area contributed by atoms with Crippen molar-refractivity contribution >= 4 is 23.3 Å². The number of hydrogen-bond donors (Lipinski definition) is 2. The summed E-state index contributed by atoms with van der Waals surface area (Å²) in [5, 5.41) is 13.0. The number of carbonyl (C=O) groups excluding carboxylic acids is 2. The molecule has 1 fully saturated rings. The summed E-state index contributed by atoms with van der Waals surface area (Å²) >= 11 is 1.60. The third kappa shape index (κ3) is 5.17. The molecule has 0 radical (unpaired) electrons. The van der Waals surface area contributed by atoms with Gasteiger partial charge >= 0.3 is 6.09 Å². The lowest BCUT2D eigenvalue weighted by Gasteiger charge is -2.28. The number of likely N-dealkylation sites (tertiary alicyclic amines) is 1. The lowest BCUT2D eigenvalue weighted by molar-refractivity contribution is -0.126. The monoisotopic (exact) mass is 431 g/mol. The van der Waals surface area contributed by atoms with E-state index in [0.717, 1.165) is 21.7 Å². The summed E-state index contributed by atoms with van der Waals surface area (Å²) in [5.41, 5.74) is 4.20. The van der Waals surface area contributed by atoms with E-state index >= 15 is 0 Å². The molecule has 2 unspecified atom stereocenters. The fraction of sp³-hybridized carbons (Fsp3) is 0.500. The molecule has 0 bridgehead atoms. The van der Waals surface area contributed by atoms with E-state index < -0.39 is 23.8 Å². The van der Waals surface area contributed by atoms with Crippen molar-refractivity contribution < 1.29 is 19.4 Å². The van der Waals surface area contributed by atoms with Gasteiger partial charge in [0.15, 0.2) is 0 Å². The minimum atomic E-state index is -0.753. The molecule has 1 aliphatic rings. The number of hydrogen-bond acceptors (Lipinski definition) is 6. The second-order valence-electron chi connectivity index (χ2n) is 8.66. The van der Waals surface area contributed by atoms with E-state index in [9.17, 15) is 14.7 Å². The number of nitrogens with zero attached hydrogens (tertiary/aromatic N) is 2. The molecule has 162 valence electrons. The highest BCUT2D eigenvalue weighted by molar-refractivity contribution is 7.13. The predicted molar refractivity (Wildman–Crippen MR) is 116 cm³/mol. The van der Waals surface area contributed by atoms with E-state index in [1.165, 1.54) is 4.90 Å². The number of rotatable bonds is 4. The van der Waals surface area contributed by atoms with Crippen LogP contribution in [0.4, 0.5) is 4.79 Å². The van der Waals surface area contributed by atoms with E-state index in [0.29, 0.717) is 0 Å². The van der Waals surface area contributed by atoms with Crippen molar-refractivity contribution in [3.63, 3.8) is 0 Å². The molecular weight excluding hydrogens is 402 g/mol. The number of amides is 2. The van der Waals surface area contributed by atoms with Crippen LogP contribution in [0.15, 0.2) is 29.8 Å². The van der Waals surface area contributed by atoms with E-state index in [1.807, 2.05) is 43.6 Å². The van der Waals surface area contributed by atoms with Gasteiger partial charge in [-0.15, -0.1) is 11.3 Å². The Bertz CT molecular complexity index is 904. The van der Waals surface area contributed by atoms with Crippen LogP contribution in [0.25, 0.3) is 10.4 Å². The molecule has 0 saturated carbocycles. The zero-order valence-corrected chi connectivity index (χ0v) is 18.8. The number of carbonyl (C=O) groups is 2. The molecule has 3 rings (SSSR count). The summed E-state index contributed by atoms with van der Waals surface area (Å²) in [5.74, 6) is -0.299. The lowest BCUT2D eigenvalue weighted by Crippen LogP contribution is -2.48. The van der Waals surface area contributed by atoms with Crippen LogP contribution in [0.2, 0.25) is 0 Å². The standard InChI is InChI=1S/C22H29N3O4S/c1-13(15-6-8-16(9-7-15)19-14(2)23-12-30-19)24-20(27)18-10-17(26)11-25(18)21(28)29-22(3,4)5/h6-9,12-13,17-18,26H,10-11H2,1-5H3,(H,24,27)/t13-,17?,18?/m0/s1. The number of aryl methyl sites for hydroxylation is 1. The molecule has 2 N–H and O–H groups in total. The maximum absolute atomic E-state index is 12.9. The van der Waals surface area contributed by atoms with Crippen molar-refractivity contribution in [3.8, 4) is 10.4 Å². The summed E-state index contributed by atoms with van der Waals surface area (Å²) in [6, 6.07) is 7.00. The van der Waals surface area contributed by atoms with Gasteiger partial charge in [0.25, 0.3) is 0 Å². The molecule has 7 nitrogen and oxygen atoms in total. The number of aliphatic hydroxyl groups is 1. The number of aliphatic hydroxyl groups excluding tert-OH is 1. The Morgan fingerprint density at radius 3 is 2.53 bits per heavy atom. The quantitative estimate of drug-likeness (QED) is 0.771. The van der Waals surface area contributed by atoms with Crippen LogP contribution in [-0.4, -0.2) is 51.3 Å². The first-order valence-electron chi connectivity index (χ1n) is 10.0. The summed E-state index contributed by atoms with van der Waals surface area (Å²) in [7, 11) is 0. The Balaban J connectivity index is 1.66. The van der Waals surface area contributed by atoms with Crippen LogP contribution < -0.4 is 5.32 Å². The maximum Gasteiger partial charge on any atom is 0.411 e. The normalized spacial score (nSPS) is 20.1. The topological polar surface area (TPSA) is 91.8 Å². The van der Waals surface area contributed by atoms with Crippen LogP contribution in [0.5, 0.6) is 0 Å². The van der Waals surface area contributed by atoms with Gasteiger partial charge in [-0.1, -0.05) is 24.3 Å². The van der Waals surface area contributed by atoms with Gasteiger partial charge in [0.05, 0.1) is 34.8 Å². The first-order chi connectivity index (χ1) is 14.0. The summed E-state index contributed by atoms with van der Waals surface area (Å²) < 4.78 is 5.39. The highest BCUT2D eigenvalue weighted by Gasteiger charge is 2.41. The van der Waals surface area contributed by atoms with Gasteiger partial charge in [0.1, 0.15) is 11.6 Å². The van der Waals surface area contributed by atoms with Gasteiger partial charge < -0.3 is 15.2 Å². The van der Waals surface area contributed by atoms with E-state index in [-0.39, 0.29) is 24.9 Å². The van der Waals surface area contributed by atoms with Crippen molar-refractivity contribution in [2.24, 2.45) is 0 Å². The second kappa shape index (κ2) is 8.73. The Kier molecular flexibility index (Phi) is 6.47. The lowest BCUT2D eigenvalue weighted by atomic mass is 10.0. The average Bonchev–Trinajstić information content (AvgIpc) is 3.26. The SMILES string of the molecule is Cc1ncsc1-c1ccc([C@H](C)NC(=O)C2CC(O)CN2C(=O)OC(C)(C)C)cc1. The van der Waals surface area contributed by atoms with Gasteiger partial charge in [-0.25, -0.2) is 9.78 Å². The van der Waals surface area contributed by atoms with Crippen LogP contribution >= 0.6 is 11.3 Å². The number of aromatic nitrogens is 1. The smallest absolute Gasteiger partial charge is 0.411 e. The third-order valence-corrected chi connectivity index (χ3v) is 5.96. The highest BCUT2D eigenvalue weighted by Crippen LogP contribution is 2.28. The Morgan fingerprint density at radius 1 is 1.30 bits per heavy atom. The van der Waals surface area contributed by atoms with Crippen LogP contribution in [0.3, 0.4) is 0 Å². The van der Waals surface area contributed by atoms with Crippen molar-refractivity contribution in [1.82, 2.24) is 15.2 Å².